The predicted octanol–water partition coefficient (Wildman–Crippen LogP) is 3.59. The zero-order chi connectivity index (χ0) is 13.7. The van der Waals surface area contributed by atoms with Gasteiger partial charge in [0.05, 0.1) is 0 Å². The molecule has 0 saturated heterocycles. The van der Waals surface area contributed by atoms with Crippen LogP contribution in [0, 0.1) is 13.8 Å². The van der Waals surface area contributed by atoms with E-state index >= 15 is 0 Å². The molecule has 0 spiro atoms. The fraction of sp³-hybridized carbons (Fsp3) is 0.353. The van der Waals surface area contributed by atoms with Gasteiger partial charge in [-0.3, -0.25) is 4.98 Å². The lowest BCUT2D eigenvalue weighted by atomic mass is 9.93. The molecular weight excluding hydrogens is 232 g/mol. The van der Waals surface area contributed by atoms with E-state index in [2.05, 4.69) is 61.4 Å². The third kappa shape index (κ3) is 3.42. The summed E-state index contributed by atoms with van der Waals surface area (Å²) in [5.41, 5.74) is 5.47. The van der Waals surface area contributed by atoms with Gasteiger partial charge in [-0.25, -0.2) is 0 Å². The van der Waals surface area contributed by atoms with Crippen LogP contribution < -0.4 is 5.32 Å². The molecule has 100 valence electrons. The zero-order valence-corrected chi connectivity index (χ0v) is 12.0. The molecule has 1 unspecified atom stereocenters. The first-order valence-corrected chi connectivity index (χ1v) is 6.90. The average Bonchev–Trinajstić information content (AvgIpc) is 2.43. The highest BCUT2D eigenvalue weighted by atomic mass is 14.9. The van der Waals surface area contributed by atoms with Gasteiger partial charge in [0.15, 0.2) is 0 Å². The minimum absolute atomic E-state index is 0.368. The van der Waals surface area contributed by atoms with Gasteiger partial charge in [-0.2, -0.15) is 0 Å². The first-order valence-electron chi connectivity index (χ1n) is 6.90. The molecule has 0 saturated carbocycles. The Bertz CT molecular complexity index is 520. The molecule has 0 fully saturated rings. The molecular formula is C17H22N2. The Kier molecular flexibility index (Phi) is 4.69. The number of aryl methyl sites for hydroxylation is 1. The van der Waals surface area contributed by atoms with E-state index in [1.807, 2.05) is 12.4 Å². The third-order valence-electron chi connectivity index (χ3n) is 3.66. The highest BCUT2D eigenvalue weighted by molar-refractivity contribution is 5.36. The van der Waals surface area contributed by atoms with Crippen molar-refractivity contribution in [3.63, 3.8) is 0 Å². The smallest absolute Gasteiger partial charge is 0.0363 e. The van der Waals surface area contributed by atoms with Crippen LogP contribution in [0.5, 0.6) is 0 Å². The number of nitrogens with one attached hydrogen (secondary N) is 1. The first-order chi connectivity index (χ1) is 9.22. The van der Waals surface area contributed by atoms with Gasteiger partial charge in [-0.15, -0.1) is 0 Å². The van der Waals surface area contributed by atoms with Crippen LogP contribution in [0.15, 0.2) is 42.7 Å². The molecule has 19 heavy (non-hydrogen) atoms. The number of pyridine rings is 1. The summed E-state index contributed by atoms with van der Waals surface area (Å²) in [5.74, 6) is 0. The van der Waals surface area contributed by atoms with Crippen molar-refractivity contribution < 1.29 is 0 Å². The maximum Gasteiger partial charge on any atom is 0.0363 e. The molecule has 1 aromatic carbocycles. The molecule has 1 heterocycles. The van der Waals surface area contributed by atoms with E-state index in [1.165, 1.54) is 22.3 Å². The molecule has 0 aliphatic heterocycles. The van der Waals surface area contributed by atoms with Crippen molar-refractivity contribution in [1.82, 2.24) is 10.3 Å². The van der Waals surface area contributed by atoms with E-state index in [9.17, 15) is 0 Å². The van der Waals surface area contributed by atoms with Crippen LogP contribution in [0.1, 0.15) is 35.2 Å². The maximum absolute atomic E-state index is 4.08. The Morgan fingerprint density at radius 3 is 2.53 bits per heavy atom. The van der Waals surface area contributed by atoms with E-state index in [1.54, 1.807) is 0 Å². The summed E-state index contributed by atoms with van der Waals surface area (Å²) in [6.07, 6.45) is 4.73. The van der Waals surface area contributed by atoms with Crippen LogP contribution in [0.2, 0.25) is 0 Å². The second kappa shape index (κ2) is 6.48. The molecule has 2 aromatic rings. The molecule has 1 N–H and O–H groups in total. The lowest BCUT2D eigenvalue weighted by molar-refractivity contribution is 0.547. The summed E-state index contributed by atoms with van der Waals surface area (Å²) < 4.78 is 0. The largest absolute Gasteiger partial charge is 0.310 e. The lowest BCUT2D eigenvalue weighted by Gasteiger charge is -2.21. The van der Waals surface area contributed by atoms with Crippen LogP contribution in [-0.2, 0) is 6.42 Å². The number of nitrogens with zero attached hydrogens (tertiary/aromatic N) is 1. The zero-order valence-electron chi connectivity index (χ0n) is 12.0. The number of hydrogen-bond donors (Lipinski definition) is 1. The number of aromatic nitrogens is 1. The molecule has 0 bridgehead atoms. The van der Waals surface area contributed by atoms with Gasteiger partial charge in [0.25, 0.3) is 0 Å². The standard InChI is InChI=1S/C17H22N2/c1-4-19-17(12-15-8-10-18-11-9-15)16-7-5-6-13(2)14(16)3/h5-11,17,19H,4,12H2,1-3H3. The van der Waals surface area contributed by atoms with Crippen LogP contribution in [0.3, 0.4) is 0 Å². The molecule has 0 aliphatic carbocycles. The summed E-state index contributed by atoms with van der Waals surface area (Å²) in [6, 6.07) is 11.1. The molecule has 0 aliphatic rings. The predicted molar refractivity (Wildman–Crippen MR) is 80.3 cm³/mol. The van der Waals surface area contributed by atoms with Crippen molar-refractivity contribution >= 4 is 0 Å². The van der Waals surface area contributed by atoms with Gasteiger partial charge in [-0.1, -0.05) is 25.1 Å². The Balaban J connectivity index is 2.27. The number of benzene rings is 1. The Labute approximate surface area is 115 Å². The minimum Gasteiger partial charge on any atom is -0.310 e. The van der Waals surface area contributed by atoms with Crippen molar-refractivity contribution in [3.05, 3.63) is 65.0 Å². The minimum atomic E-state index is 0.368. The van der Waals surface area contributed by atoms with Crippen LogP contribution in [0.4, 0.5) is 0 Å². The molecule has 1 aromatic heterocycles. The van der Waals surface area contributed by atoms with Gasteiger partial charge < -0.3 is 5.32 Å². The van der Waals surface area contributed by atoms with Crippen molar-refractivity contribution in [2.45, 2.75) is 33.2 Å². The van der Waals surface area contributed by atoms with E-state index < -0.39 is 0 Å². The normalized spacial score (nSPS) is 12.4. The average molecular weight is 254 g/mol. The van der Waals surface area contributed by atoms with Crippen molar-refractivity contribution in [1.29, 1.82) is 0 Å². The molecule has 2 nitrogen and oxygen atoms in total. The van der Waals surface area contributed by atoms with Gasteiger partial charge in [0.1, 0.15) is 0 Å². The van der Waals surface area contributed by atoms with Crippen molar-refractivity contribution in [2.24, 2.45) is 0 Å². The first kappa shape index (κ1) is 13.8. The summed E-state index contributed by atoms with van der Waals surface area (Å²) in [7, 11) is 0. The van der Waals surface area contributed by atoms with Crippen molar-refractivity contribution in [3.8, 4) is 0 Å². The topological polar surface area (TPSA) is 24.9 Å². The van der Waals surface area contributed by atoms with Gasteiger partial charge in [0, 0.05) is 18.4 Å². The summed E-state index contributed by atoms with van der Waals surface area (Å²) in [6.45, 7) is 7.52. The van der Waals surface area contributed by atoms with Crippen LogP contribution in [0.25, 0.3) is 0 Å². The summed E-state index contributed by atoms with van der Waals surface area (Å²) in [5, 5.41) is 3.60. The van der Waals surface area contributed by atoms with Crippen LogP contribution >= 0.6 is 0 Å². The molecule has 2 heteroatoms. The number of likely N-dealkylation sites (N-methyl/N-ethyl adjacent to an activating group) is 1. The fourth-order valence-corrected chi connectivity index (χ4v) is 2.44. The second-order valence-corrected chi connectivity index (χ2v) is 4.96. The summed E-state index contributed by atoms with van der Waals surface area (Å²) >= 11 is 0. The number of hydrogen-bond acceptors (Lipinski definition) is 2. The molecule has 1 atom stereocenters. The molecule has 2 rings (SSSR count). The quantitative estimate of drug-likeness (QED) is 0.882. The monoisotopic (exact) mass is 254 g/mol. The Morgan fingerprint density at radius 2 is 1.84 bits per heavy atom. The van der Waals surface area contributed by atoms with Gasteiger partial charge in [0.2, 0.25) is 0 Å². The highest BCUT2D eigenvalue weighted by Gasteiger charge is 2.14. The maximum atomic E-state index is 4.08. The second-order valence-electron chi connectivity index (χ2n) is 4.96. The number of rotatable bonds is 5. The fourth-order valence-electron chi connectivity index (χ4n) is 2.44. The van der Waals surface area contributed by atoms with Crippen LogP contribution in [-0.4, -0.2) is 11.5 Å². The van der Waals surface area contributed by atoms with Gasteiger partial charge in [-0.05, 0) is 61.2 Å². The molecule has 0 radical (unpaired) electrons. The van der Waals surface area contributed by atoms with E-state index in [-0.39, 0.29) is 0 Å². The SMILES string of the molecule is CCNC(Cc1ccncc1)c1cccc(C)c1C. The molecule has 0 amide bonds. The summed E-state index contributed by atoms with van der Waals surface area (Å²) in [4.78, 5) is 4.08. The van der Waals surface area contributed by atoms with E-state index in [0.29, 0.717) is 6.04 Å². The van der Waals surface area contributed by atoms with E-state index in [0.717, 1.165) is 13.0 Å². The lowest BCUT2D eigenvalue weighted by Crippen LogP contribution is -2.24. The Hall–Kier alpha value is -1.67. The van der Waals surface area contributed by atoms with Gasteiger partial charge >= 0.3 is 0 Å². The highest BCUT2D eigenvalue weighted by Crippen LogP contribution is 2.23. The van der Waals surface area contributed by atoms with E-state index in [4.69, 9.17) is 0 Å². The Morgan fingerprint density at radius 1 is 1.11 bits per heavy atom. The third-order valence-corrected chi connectivity index (χ3v) is 3.66. The van der Waals surface area contributed by atoms with Crippen molar-refractivity contribution in [2.75, 3.05) is 6.54 Å².